The summed E-state index contributed by atoms with van der Waals surface area (Å²) in [5.41, 5.74) is 0.663. The smallest absolute Gasteiger partial charge is 0.407 e. The zero-order chi connectivity index (χ0) is 17.7. The van der Waals surface area contributed by atoms with Crippen LogP contribution in [0.4, 0.5) is 4.79 Å². The Morgan fingerprint density at radius 3 is 2.79 bits per heavy atom. The van der Waals surface area contributed by atoms with Crippen LogP contribution in [0.1, 0.15) is 59.7 Å². The molecule has 2 rings (SSSR count). The maximum absolute atomic E-state index is 12.8. The van der Waals surface area contributed by atoms with Crippen LogP contribution in [0.3, 0.4) is 0 Å². The molecule has 0 radical (unpaired) electrons. The number of carbonyl (C=O) groups is 3. The summed E-state index contributed by atoms with van der Waals surface area (Å²) in [5.74, 6) is -0.397. The SMILES string of the molecule is CCCCC1CC(C(=O)c2cc(Cl)ccc2C=O)CCN1C(=O)O. The number of nitrogens with zero attached hydrogens (tertiary/aromatic N) is 1. The van der Waals surface area contributed by atoms with Gasteiger partial charge in [0.05, 0.1) is 0 Å². The second-order valence-corrected chi connectivity index (χ2v) is 6.64. The molecule has 5 nitrogen and oxygen atoms in total. The van der Waals surface area contributed by atoms with Crippen molar-refractivity contribution in [2.45, 2.75) is 45.1 Å². The van der Waals surface area contributed by atoms with E-state index in [9.17, 15) is 19.5 Å². The van der Waals surface area contributed by atoms with Gasteiger partial charge in [0.25, 0.3) is 0 Å². The number of amides is 1. The van der Waals surface area contributed by atoms with Crippen LogP contribution in [0.5, 0.6) is 0 Å². The van der Waals surface area contributed by atoms with Crippen LogP contribution < -0.4 is 0 Å². The van der Waals surface area contributed by atoms with Crippen molar-refractivity contribution >= 4 is 29.8 Å². The van der Waals surface area contributed by atoms with Gasteiger partial charge in [-0.05, 0) is 37.5 Å². The zero-order valence-electron chi connectivity index (χ0n) is 13.7. The number of piperidine rings is 1. The monoisotopic (exact) mass is 351 g/mol. The van der Waals surface area contributed by atoms with Gasteiger partial charge in [0, 0.05) is 34.7 Å². The molecule has 1 fully saturated rings. The molecule has 1 amide bonds. The second kappa shape index (κ2) is 8.29. The lowest BCUT2D eigenvalue weighted by molar-refractivity contribution is 0.0672. The maximum Gasteiger partial charge on any atom is 0.407 e. The quantitative estimate of drug-likeness (QED) is 0.613. The molecule has 24 heavy (non-hydrogen) atoms. The highest BCUT2D eigenvalue weighted by atomic mass is 35.5. The molecule has 0 saturated carbocycles. The fourth-order valence-corrected chi connectivity index (χ4v) is 3.49. The number of halogens is 1. The van der Waals surface area contributed by atoms with Crippen molar-refractivity contribution in [1.82, 2.24) is 4.90 Å². The van der Waals surface area contributed by atoms with Crippen molar-refractivity contribution in [2.75, 3.05) is 6.54 Å². The summed E-state index contributed by atoms with van der Waals surface area (Å²) in [7, 11) is 0. The molecule has 1 heterocycles. The molecule has 0 aliphatic carbocycles. The summed E-state index contributed by atoms with van der Waals surface area (Å²) < 4.78 is 0. The van der Waals surface area contributed by atoms with Crippen LogP contribution in [0.25, 0.3) is 0 Å². The molecule has 0 bridgehead atoms. The highest BCUT2D eigenvalue weighted by Crippen LogP contribution is 2.30. The van der Waals surface area contributed by atoms with Gasteiger partial charge in [-0.3, -0.25) is 9.59 Å². The number of aldehydes is 1. The molecule has 2 atom stereocenters. The lowest BCUT2D eigenvalue weighted by Crippen LogP contribution is -2.47. The first-order valence-corrected chi connectivity index (χ1v) is 8.64. The Balaban J connectivity index is 2.20. The number of benzene rings is 1. The summed E-state index contributed by atoms with van der Waals surface area (Å²) in [6, 6.07) is 4.50. The van der Waals surface area contributed by atoms with Crippen LogP contribution in [-0.2, 0) is 0 Å². The normalized spacial score (nSPS) is 20.7. The Morgan fingerprint density at radius 2 is 2.17 bits per heavy atom. The molecule has 130 valence electrons. The van der Waals surface area contributed by atoms with Gasteiger partial charge in [0.15, 0.2) is 12.1 Å². The van der Waals surface area contributed by atoms with Crippen LogP contribution in [-0.4, -0.2) is 40.8 Å². The minimum absolute atomic E-state index is 0.119. The van der Waals surface area contributed by atoms with Crippen LogP contribution >= 0.6 is 11.6 Å². The molecule has 1 aliphatic heterocycles. The number of rotatable bonds is 6. The molecule has 1 saturated heterocycles. The standard InChI is InChI=1S/C18H22ClNO4/c1-2-3-4-15-9-12(7-8-20(15)18(23)24)17(22)16-10-14(19)6-5-13(16)11-21/h5-6,10-12,15H,2-4,7-9H2,1H3,(H,23,24). The highest BCUT2D eigenvalue weighted by Gasteiger charge is 2.35. The van der Waals surface area contributed by atoms with E-state index < -0.39 is 6.09 Å². The Bertz CT molecular complexity index is 631. The molecule has 6 heteroatoms. The average molecular weight is 352 g/mol. The van der Waals surface area contributed by atoms with Gasteiger partial charge in [0.1, 0.15) is 0 Å². The van der Waals surface area contributed by atoms with Crippen LogP contribution in [0.2, 0.25) is 5.02 Å². The van der Waals surface area contributed by atoms with Crippen molar-refractivity contribution in [1.29, 1.82) is 0 Å². The third-order valence-electron chi connectivity index (χ3n) is 4.63. The van der Waals surface area contributed by atoms with Crippen molar-refractivity contribution in [3.8, 4) is 0 Å². The number of hydrogen-bond donors (Lipinski definition) is 1. The Kier molecular flexibility index (Phi) is 6.37. The summed E-state index contributed by atoms with van der Waals surface area (Å²) in [5, 5.41) is 9.76. The van der Waals surface area contributed by atoms with Gasteiger partial charge in [-0.25, -0.2) is 4.79 Å². The number of carbonyl (C=O) groups excluding carboxylic acids is 2. The minimum Gasteiger partial charge on any atom is -0.465 e. The number of likely N-dealkylation sites (tertiary alicyclic amines) is 1. The van der Waals surface area contributed by atoms with E-state index in [1.165, 1.54) is 11.0 Å². The lowest BCUT2D eigenvalue weighted by Gasteiger charge is -2.37. The predicted molar refractivity (Wildman–Crippen MR) is 91.9 cm³/mol. The number of ketones is 1. The van der Waals surface area contributed by atoms with E-state index in [0.29, 0.717) is 41.8 Å². The van der Waals surface area contributed by atoms with E-state index in [2.05, 4.69) is 6.92 Å². The molecule has 1 aromatic carbocycles. The van der Waals surface area contributed by atoms with Gasteiger partial charge in [-0.15, -0.1) is 0 Å². The van der Waals surface area contributed by atoms with Crippen molar-refractivity contribution in [3.05, 3.63) is 34.3 Å². The van der Waals surface area contributed by atoms with Gasteiger partial charge in [-0.1, -0.05) is 31.4 Å². The Labute approximate surface area is 146 Å². The van der Waals surface area contributed by atoms with Crippen LogP contribution in [0, 0.1) is 5.92 Å². The molecular formula is C18H22ClNO4. The van der Waals surface area contributed by atoms with Gasteiger partial charge in [0.2, 0.25) is 0 Å². The number of hydrogen-bond acceptors (Lipinski definition) is 3. The summed E-state index contributed by atoms with van der Waals surface area (Å²) >= 11 is 5.96. The fraction of sp³-hybridized carbons (Fsp3) is 0.500. The number of carboxylic acid groups (broad SMARTS) is 1. The molecular weight excluding hydrogens is 330 g/mol. The fourth-order valence-electron chi connectivity index (χ4n) is 3.32. The maximum atomic E-state index is 12.8. The van der Waals surface area contributed by atoms with E-state index >= 15 is 0 Å². The first-order chi connectivity index (χ1) is 11.5. The van der Waals surface area contributed by atoms with Crippen molar-refractivity contribution < 1.29 is 19.5 Å². The van der Waals surface area contributed by atoms with Crippen molar-refractivity contribution in [3.63, 3.8) is 0 Å². The Morgan fingerprint density at radius 1 is 1.42 bits per heavy atom. The van der Waals surface area contributed by atoms with E-state index in [0.717, 1.165) is 19.3 Å². The van der Waals surface area contributed by atoms with E-state index in [1.807, 2.05) is 0 Å². The summed E-state index contributed by atoms with van der Waals surface area (Å²) in [4.78, 5) is 36.9. The molecule has 1 N–H and O–H groups in total. The van der Waals surface area contributed by atoms with E-state index in [1.54, 1.807) is 12.1 Å². The average Bonchev–Trinajstić information content (AvgIpc) is 2.58. The molecule has 0 aromatic heterocycles. The topological polar surface area (TPSA) is 74.7 Å². The third-order valence-corrected chi connectivity index (χ3v) is 4.87. The summed E-state index contributed by atoms with van der Waals surface area (Å²) in [6.45, 7) is 2.40. The molecule has 1 aromatic rings. The lowest BCUT2D eigenvalue weighted by atomic mass is 9.82. The number of unbranched alkanes of at least 4 members (excludes halogenated alkanes) is 1. The molecule has 2 unspecified atom stereocenters. The Hall–Kier alpha value is -1.88. The first kappa shape index (κ1) is 18.5. The minimum atomic E-state index is -0.932. The second-order valence-electron chi connectivity index (χ2n) is 6.21. The van der Waals surface area contributed by atoms with Gasteiger partial charge < -0.3 is 10.0 Å². The number of Topliss-reactive ketones (excluding diaryl/α,β-unsaturated/α-hetero) is 1. The predicted octanol–water partition coefficient (Wildman–Crippen LogP) is 4.28. The highest BCUT2D eigenvalue weighted by molar-refractivity contribution is 6.31. The van der Waals surface area contributed by atoms with E-state index in [-0.39, 0.29) is 17.7 Å². The van der Waals surface area contributed by atoms with Gasteiger partial charge in [-0.2, -0.15) is 0 Å². The van der Waals surface area contributed by atoms with E-state index in [4.69, 9.17) is 11.6 Å². The van der Waals surface area contributed by atoms with Crippen LogP contribution in [0.15, 0.2) is 18.2 Å². The molecule has 1 aliphatic rings. The van der Waals surface area contributed by atoms with Crippen molar-refractivity contribution in [2.24, 2.45) is 5.92 Å². The first-order valence-electron chi connectivity index (χ1n) is 8.26. The molecule has 0 spiro atoms. The zero-order valence-corrected chi connectivity index (χ0v) is 14.5. The third kappa shape index (κ3) is 4.15. The van der Waals surface area contributed by atoms with Gasteiger partial charge >= 0.3 is 6.09 Å². The largest absolute Gasteiger partial charge is 0.465 e. The summed E-state index contributed by atoms with van der Waals surface area (Å²) in [6.07, 6.45) is 3.35.